The molecule has 1 heterocycles. The minimum atomic E-state index is -0.0893. The Bertz CT molecular complexity index is 3510. The molecule has 1 aromatic heterocycles. The summed E-state index contributed by atoms with van der Waals surface area (Å²) in [5.74, 6) is 0. The second kappa shape index (κ2) is 13.9. The predicted octanol–water partition coefficient (Wildman–Crippen LogP) is 17.1. The van der Waals surface area contributed by atoms with Gasteiger partial charge in [0.1, 0.15) is 0 Å². The minimum Gasteiger partial charge on any atom is -0.310 e. The van der Waals surface area contributed by atoms with Gasteiger partial charge >= 0.3 is 0 Å². The summed E-state index contributed by atoms with van der Waals surface area (Å²) in [6, 6.07) is 78.9. The van der Waals surface area contributed by atoms with Crippen LogP contribution in [-0.4, -0.2) is 0 Å². The fourth-order valence-electron chi connectivity index (χ4n) is 10.0. The Hall–Kier alpha value is -7.26. The van der Waals surface area contributed by atoms with Crippen LogP contribution in [0.1, 0.15) is 25.0 Å². The smallest absolute Gasteiger partial charge is 0.0546 e. The molecule has 0 amide bonds. The average molecular weight is 796 g/mol. The Morgan fingerprint density at radius 3 is 1.87 bits per heavy atom. The van der Waals surface area contributed by atoms with Crippen LogP contribution in [0.5, 0.6) is 0 Å². The minimum absolute atomic E-state index is 0.0893. The number of hydrogen-bond donors (Lipinski definition) is 0. The molecule has 0 unspecified atom stereocenters. The first-order chi connectivity index (χ1) is 30.0. The van der Waals surface area contributed by atoms with Crippen molar-refractivity contribution in [3.05, 3.63) is 223 Å². The van der Waals surface area contributed by atoms with Crippen molar-refractivity contribution < 1.29 is 0 Å². The molecule has 2 heteroatoms. The van der Waals surface area contributed by atoms with Gasteiger partial charge in [0.05, 0.1) is 5.69 Å². The van der Waals surface area contributed by atoms with Crippen LogP contribution in [-0.2, 0) is 5.41 Å². The summed E-state index contributed by atoms with van der Waals surface area (Å²) in [5, 5.41) is 7.51. The van der Waals surface area contributed by atoms with Gasteiger partial charge in [-0.15, -0.1) is 11.3 Å². The third kappa shape index (κ3) is 5.74. The van der Waals surface area contributed by atoms with Gasteiger partial charge in [-0.2, -0.15) is 0 Å². The predicted molar refractivity (Wildman–Crippen MR) is 263 cm³/mol. The van der Waals surface area contributed by atoms with Gasteiger partial charge in [-0.3, -0.25) is 0 Å². The molecule has 288 valence electrons. The summed E-state index contributed by atoms with van der Waals surface area (Å²) < 4.78 is 2.57. The summed E-state index contributed by atoms with van der Waals surface area (Å²) in [4.78, 5) is 2.52. The van der Waals surface area contributed by atoms with E-state index < -0.39 is 0 Å². The molecule has 1 aliphatic carbocycles. The van der Waals surface area contributed by atoms with Crippen LogP contribution in [0.4, 0.5) is 17.1 Å². The van der Waals surface area contributed by atoms with Gasteiger partial charge in [-0.25, -0.2) is 0 Å². The molecule has 1 nitrogen and oxygen atoms in total. The largest absolute Gasteiger partial charge is 0.310 e. The zero-order valence-corrected chi connectivity index (χ0v) is 34.9. The van der Waals surface area contributed by atoms with Gasteiger partial charge in [-0.1, -0.05) is 184 Å². The molecule has 0 N–H and O–H groups in total. The van der Waals surface area contributed by atoms with Crippen LogP contribution in [0.3, 0.4) is 0 Å². The number of benzene rings is 10. The van der Waals surface area contributed by atoms with E-state index in [-0.39, 0.29) is 5.41 Å². The van der Waals surface area contributed by atoms with Crippen molar-refractivity contribution in [2.75, 3.05) is 4.90 Å². The van der Waals surface area contributed by atoms with Gasteiger partial charge in [0.2, 0.25) is 0 Å². The van der Waals surface area contributed by atoms with Gasteiger partial charge in [0.15, 0.2) is 0 Å². The number of nitrogens with zero attached hydrogens (tertiary/aromatic N) is 1. The highest BCUT2D eigenvalue weighted by Crippen LogP contribution is 2.53. The molecule has 0 saturated carbocycles. The first-order valence-electron chi connectivity index (χ1n) is 21.2. The monoisotopic (exact) mass is 795 g/mol. The Balaban J connectivity index is 1.14. The number of anilines is 3. The normalized spacial score (nSPS) is 12.9. The maximum atomic E-state index is 2.52. The molecule has 0 radical (unpaired) electrons. The lowest BCUT2D eigenvalue weighted by atomic mass is 9.82. The molecule has 0 atom stereocenters. The quantitative estimate of drug-likeness (QED) is 0.162. The summed E-state index contributed by atoms with van der Waals surface area (Å²) in [5.41, 5.74) is 16.0. The number of thiophene rings is 1. The molecule has 0 fully saturated rings. The molecule has 0 aliphatic heterocycles. The van der Waals surface area contributed by atoms with Crippen LogP contribution in [0, 0.1) is 0 Å². The first kappa shape index (κ1) is 35.7. The van der Waals surface area contributed by atoms with Crippen molar-refractivity contribution >= 4 is 70.1 Å². The summed E-state index contributed by atoms with van der Waals surface area (Å²) in [7, 11) is 0. The average Bonchev–Trinajstić information content (AvgIpc) is 3.79. The Morgan fingerprint density at radius 1 is 0.361 bits per heavy atom. The number of rotatable bonds is 6. The number of fused-ring (bicyclic) bond motifs is 8. The van der Waals surface area contributed by atoms with Gasteiger partial charge in [-0.05, 0) is 114 Å². The lowest BCUT2D eigenvalue weighted by Gasteiger charge is -2.30. The van der Waals surface area contributed by atoms with Crippen LogP contribution in [0.15, 0.2) is 212 Å². The van der Waals surface area contributed by atoms with E-state index in [4.69, 9.17) is 0 Å². The van der Waals surface area contributed by atoms with Crippen molar-refractivity contribution in [3.8, 4) is 44.5 Å². The molecular formula is C59H41NS. The fourth-order valence-corrected chi connectivity index (χ4v) is 11.2. The Labute approximate surface area is 360 Å². The van der Waals surface area contributed by atoms with E-state index in [2.05, 4.69) is 231 Å². The van der Waals surface area contributed by atoms with E-state index in [1.165, 1.54) is 97.4 Å². The second-order valence-electron chi connectivity index (χ2n) is 16.9. The number of hydrogen-bond acceptors (Lipinski definition) is 2. The lowest BCUT2D eigenvalue weighted by molar-refractivity contribution is 0.660. The zero-order valence-electron chi connectivity index (χ0n) is 34.1. The van der Waals surface area contributed by atoms with Crippen LogP contribution < -0.4 is 4.90 Å². The third-order valence-corrected chi connectivity index (χ3v) is 14.2. The van der Waals surface area contributed by atoms with Crippen molar-refractivity contribution in [2.45, 2.75) is 19.3 Å². The first-order valence-corrected chi connectivity index (χ1v) is 22.0. The highest BCUT2D eigenvalue weighted by Gasteiger charge is 2.36. The maximum absolute atomic E-state index is 2.52. The van der Waals surface area contributed by atoms with Gasteiger partial charge < -0.3 is 4.90 Å². The third-order valence-electron chi connectivity index (χ3n) is 13.1. The molecule has 0 bridgehead atoms. The van der Waals surface area contributed by atoms with Crippen molar-refractivity contribution in [2.24, 2.45) is 0 Å². The highest BCUT2D eigenvalue weighted by molar-refractivity contribution is 7.25. The summed E-state index contributed by atoms with van der Waals surface area (Å²) >= 11 is 1.88. The molecule has 11 aromatic rings. The SMILES string of the molecule is CC1(C)c2ccccc2-c2cc(N(c3ccc4c(c3)sc3cc(-c5ccccc5)ccc34)c3cccc(-c4ccc5ccccc5c4)c3-c3cccc4ccccc34)ccc21. The van der Waals surface area contributed by atoms with Gasteiger partial charge in [0, 0.05) is 42.5 Å². The summed E-state index contributed by atoms with van der Waals surface area (Å²) in [6.45, 7) is 4.72. The van der Waals surface area contributed by atoms with Crippen molar-refractivity contribution in [1.29, 1.82) is 0 Å². The fraction of sp³-hybridized carbons (Fsp3) is 0.0508. The molecule has 61 heavy (non-hydrogen) atoms. The van der Waals surface area contributed by atoms with E-state index in [0.717, 1.165) is 17.1 Å². The molecule has 0 saturated heterocycles. The maximum Gasteiger partial charge on any atom is 0.0546 e. The summed E-state index contributed by atoms with van der Waals surface area (Å²) in [6.07, 6.45) is 0. The molecule has 10 aromatic carbocycles. The highest BCUT2D eigenvalue weighted by atomic mass is 32.1. The van der Waals surface area contributed by atoms with Crippen LogP contribution in [0.2, 0.25) is 0 Å². The van der Waals surface area contributed by atoms with E-state index in [1.54, 1.807) is 0 Å². The molecule has 1 aliphatic rings. The van der Waals surface area contributed by atoms with E-state index >= 15 is 0 Å². The Morgan fingerprint density at radius 2 is 0.984 bits per heavy atom. The van der Waals surface area contributed by atoms with Crippen molar-refractivity contribution in [1.82, 2.24) is 0 Å². The Kier molecular flexibility index (Phi) is 8.13. The standard InChI is InChI=1S/C59H41NS/c1-59(2)53-24-11-10-21-48(53)52-36-44(30-33-54(52)59)60(45-29-32-50-49-31-28-42(38-14-4-3-5-15-38)35-56(49)61-57(50)37-45)55-25-13-22-47(43-27-26-39-16-6-7-18-41(39)34-43)58(55)51-23-12-19-40-17-8-9-20-46(40)51/h3-37H,1-2H3. The second-order valence-corrected chi connectivity index (χ2v) is 18.0. The van der Waals surface area contributed by atoms with E-state index in [0.29, 0.717) is 0 Å². The topological polar surface area (TPSA) is 3.24 Å². The molecule has 12 rings (SSSR count). The van der Waals surface area contributed by atoms with Crippen LogP contribution in [0.25, 0.3) is 86.2 Å². The van der Waals surface area contributed by atoms with E-state index in [9.17, 15) is 0 Å². The van der Waals surface area contributed by atoms with E-state index in [1.807, 2.05) is 11.3 Å². The van der Waals surface area contributed by atoms with Gasteiger partial charge in [0.25, 0.3) is 0 Å². The molecular weight excluding hydrogens is 755 g/mol. The molecule has 0 spiro atoms. The van der Waals surface area contributed by atoms with Crippen molar-refractivity contribution in [3.63, 3.8) is 0 Å². The zero-order chi connectivity index (χ0) is 40.7. The van der Waals surface area contributed by atoms with Crippen LogP contribution >= 0.6 is 11.3 Å². The lowest BCUT2D eigenvalue weighted by Crippen LogP contribution is -2.15.